The molecule has 1 saturated carbocycles. The third-order valence-electron chi connectivity index (χ3n) is 3.51. The van der Waals surface area contributed by atoms with Crippen LogP contribution >= 0.6 is 11.6 Å². The first-order valence-electron chi connectivity index (χ1n) is 6.28. The number of benzene rings is 1. The summed E-state index contributed by atoms with van der Waals surface area (Å²) in [7, 11) is 0. The van der Waals surface area contributed by atoms with Gasteiger partial charge in [-0.15, -0.1) is 0 Å². The van der Waals surface area contributed by atoms with Crippen LogP contribution in [0.4, 0.5) is 0 Å². The summed E-state index contributed by atoms with van der Waals surface area (Å²) in [6.45, 7) is 0.223. The molecule has 1 unspecified atom stereocenters. The van der Waals surface area contributed by atoms with Crippen molar-refractivity contribution in [2.24, 2.45) is 11.8 Å². The first kappa shape index (κ1) is 13.2. The van der Waals surface area contributed by atoms with Gasteiger partial charge in [0.15, 0.2) is 0 Å². The maximum absolute atomic E-state index is 11.3. The fourth-order valence-electron chi connectivity index (χ4n) is 2.51. The molecular weight excluding hydrogens is 252 g/mol. The molecule has 98 valence electrons. The third-order valence-corrected chi connectivity index (χ3v) is 3.75. The number of hydrogen-bond acceptors (Lipinski definition) is 2. The lowest BCUT2D eigenvalue weighted by Crippen LogP contribution is -2.28. The number of carbonyl (C=O) groups is 1. The van der Waals surface area contributed by atoms with E-state index in [4.69, 9.17) is 16.3 Å². The average Bonchev–Trinajstić information content (AvgIpc) is 2.82. The van der Waals surface area contributed by atoms with Crippen LogP contribution in [0.5, 0.6) is 5.75 Å². The summed E-state index contributed by atoms with van der Waals surface area (Å²) >= 11 is 5.85. The number of carboxylic acids is 1. The first-order valence-corrected chi connectivity index (χ1v) is 6.66. The molecule has 0 heterocycles. The topological polar surface area (TPSA) is 46.5 Å². The molecule has 4 heteroatoms. The molecule has 1 N–H and O–H groups in total. The van der Waals surface area contributed by atoms with E-state index in [-0.39, 0.29) is 12.5 Å². The van der Waals surface area contributed by atoms with Gasteiger partial charge in [0.1, 0.15) is 12.4 Å². The minimum absolute atomic E-state index is 0.223. The molecule has 18 heavy (non-hydrogen) atoms. The Bertz CT molecular complexity index is 413. The molecule has 2 rings (SSSR count). The van der Waals surface area contributed by atoms with Gasteiger partial charge in [0.25, 0.3) is 0 Å². The van der Waals surface area contributed by atoms with Crippen molar-refractivity contribution in [1.29, 1.82) is 0 Å². The lowest BCUT2D eigenvalue weighted by atomic mass is 9.92. The van der Waals surface area contributed by atoms with Crippen LogP contribution in [-0.2, 0) is 4.79 Å². The molecule has 1 aromatic carbocycles. The molecule has 1 aromatic rings. The Kier molecular flexibility index (Phi) is 4.48. The summed E-state index contributed by atoms with van der Waals surface area (Å²) in [5.41, 5.74) is 0. The van der Waals surface area contributed by atoms with E-state index < -0.39 is 11.9 Å². The molecule has 0 spiro atoms. The summed E-state index contributed by atoms with van der Waals surface area (Å²) in [4.78, 5) is 11.3. The third kappa shape index (κ3) is 3.39. The van der Waals surface area contributed by atoms with Crippen molar-refractivity contribution < 1.29 is 14.6 Å². The molecule has 0 saturated heterocycles. The summed E-state index contributed by atoms with van der Waals surface area (Å²) < 4.78 is 5.56. The number of ether oxygens (including phenoxy) is 1. The molecule has 1 atom stereocenters. The second kappa shape index (κ2) is 6.10. The van der Waals surface area contributed by atoms with Gasteiger partial charge < -0.3 is 9.84 Å². The van der Waals surface area contributed by atoms with E-state index in [0.29, 0.717) is 10.8 Å². The molecule has 1 aliphatic rings. The predicted octanol–water partition coefficient (Wildman–Crippen LogP) is 3.61. The lowest BCUT2D eigenvalue weighted by Gasteiger charge is -2.19. The fraction of sp³-hybridized carbons (Fsp3) is 0.500. The molecule has 1 aliphatic carbocycles. The normalized spacial score (nSPS) is 17.6. The molecule has 0 radical (unpaired) electrons. The maximum Gasteiger partial charge on any atom is 0.310 e. The van der Waals surface area contributed by atoms with Crippen molar-refractivity contribution in [2.45, 2.75) is 25.7 Å². The Morgan fingerprint density at radius 3 is 2.78 bits per heavy atom. The summed E-state index contributed by atoms with van der Waals surface area (Å²) in [6.07, 6.45) is 4.25. The van der Waals surface area contributed by atoms with E-state index in [2.05, 4.69) is 0 Å². The van der Waals surface area contributed by atoms with Crippen molar-refractivity contribution in [2.75, 3.05) is 6.61 Å². The van der Waals surface area contributed by atoms with E-state index in [9.17, 15) is 9.90 Å². The van der Waals surface area contributed by atoms with Crippen LogP contribution in [0, 0.1) is 11.8 Å². The number of carboxylic acid groups (broad SMARTS) is 1. The van der Waals surface area contributed by atoms with Crippen LogP contribution in [0.25, 0.3) is 0 Å². The van der Waals surface area contributed by atoms with Crippen molar-refractivity contribution in [3.05, 3.63) is 29.3 Å². The number of halogens is 1. The molecular formula is C14H17ClO3. The molecule has 0 amide bonds. The van der Waals surface area contributed by atoms with Gasteiger partial charge in [-0.25, -0.2) is 0 Å². The maximum atomic E-state index is 11.3. The fourth-order valence-corrected chi connectivity index (χ4v) is 2.69. The van der Waals surface area contributed by atoms with E-state index in [1.54, 1.807) is 24.3 Å². The van der Waals surface area contributed by atoms with Crippen LogP contribution in [0.15, 0.2) is 24.3 Å². The molecule has 0 aliphatic heterocycles. The highest BCUT2D eigenvalue weighted by atomic mass is 35.5. The zero-order valence-corrected chi connectivity index (χ0v) is 10.9. The Labute approximate surface area is 112 Å². The summed E-state index contributed by atoms with van der Waals surface area (Å²) in [5, 5.41) is 9.86. The van der Waals surface area contributed by atoms with Crippen LogP contribution in [0.2, 0.25) is 5.02 Å². The second-order valence-electron chi connectivity index (χ2n) is 4.76. The van der Waals surface area contributed by atoms with Crippen molar-refractivity contribution in [1.82, 2.24) is 0 Å². The standard InChI is InChI=1S/C14H17ClO3/c15-11-6-3-7-12(8-11)18-9-13(14(16)17)10-4-1-2-5-10/h3,6-8,10,13H,1-2,4-5,9H2,(H,16,17). The zero-order chi connectivity index (χ0) is 13.0. The highest BCUT2D eigenvalue weighted by Gasteiger charge is 2.31. The molecule has 0 bridgehead atoms. The van der Waals surface area contributed by atoms with E-state index in [0.717, 1.165) is 25.7 Å². The van der Waals surface area contributed by atoms with Gasteiger partial charge in [-0.1, -0.05) is 30.5 Å². The zero-order valence-electron chi connectivity index (χ0n) is 10.1. The Morgan fingerprint density at radius 2 is 2.17 bits per heavy atom. The predicted molar refractivity (Wildman–Crippen MR) is 70.0 cm³/mol. The van der Waals surface area contributed by atoms with Gasteiger partial charge in [-0.05, 0) is 37.0 Å². The quantitative estimate of drug-likeness (QED) is 0.887. The van der Waals surface area contributed by atoms with Gasteiger partial charge in [-0.2, -0.15) is 0 Å². The van der Waals surface area contributed by atoms with Gasteiger partial charge in [0, 0.05) is 5.02 Å². The molecule has 0 aromatic heterocycles. The van der Waals surface area contributed by atoms with E-state index in [1.165, 1.54) is 0 Å². The Hall–Kier alpha value is -1.22. The monoisotopic (exact) mass is 268 g/mol. The molecule has 1 fully saturated rings. The van der Waals surface area contributed by atoms with Gasteiger partial charge in [0.2, 0.25) is 0 Å². The van der Waals surface area contributed by atoms with Gasteiger partial charge in [-0.3, -0.25) is 4.79 Å². The number of rotatable bonds is 5. The summed E-state index contributed by atoms with van der Waals surface area (Å²) in [6, 6.07) is 7.05. The molecule has 3 nitrogen and oxygen atoms in total. The number of aliphatic carboxylic acids is 1. The van der Waals surface area contributed by atoms with Crippen LogP contribution < -0.4 is 4.74 Å². The van der Waals surface area contributed by atoms with Crippen molar-refractivity contribution in [3.8, 4) is 5.75 Å². The smallest absolute Gasteiger partial charge is 0.310 e. The van der Waals surface area contributed by atoms with Gasteiger partial charge in [0.05, 0.1) is 5.92 Å². The first-order chi connectivity index (χ1) is 8.66. The highest BCUT2D eigenvalue weighted by molar-refractivity contribution is 6.30. The summed E-state index contributed by atoms with van der Waals surface area (Å²) in [5.74, 6) is -0.288. The highest BCUT2D eigenvalue weighted by Crippen LogP contribution is 2.32. The van der Waals surface area contributed by atoms with Crippen molar-refractivity contribution in [3.63, 3.8) is 0 Å². The van der Waals surface area contributed by atoms with Gasteiger partial charge >= 0.3 is 5.97 Å². The second-order valence-corrected chi connectivity index (χ2v) is 5.19. The Balaban J connectivity index is 1.95. The minimum Gasteiger partial charge on any atom is -0.493 e. The SMILES string of the molecule is O=C(O)C(COc1cccc(Cl)c1)C1CCCC1. The van der Waals surface area contributed by atoms with E-state index >= 15 is 0 Å². The minimum atomic E-state index is -0.760. The lowest BCUT2D eigenvalue weighted by molar-refractivity contribution is -0.144. The van der Waals surface area contributed by atoms with Crippen LogP contribution in [-0.4, -0.2) is 17.7 Å². The number of hydrogen-bond donors (Lipinski definition) is 1. The Morgan fingerprint density at radius 1 is 1.44 bits per heavy atom. The largest absolute Gasteiger partial charge is 0.493 e. The van der Waals surface area contributed by atoms with Crippen LogP contribution in [0.3, 0.4) is 0 Å². The van der Waals surface area contributed by atoms with Crippen LogP contribution in [0.1, 0.15) is 25.7 Å². The van der Waals surface area contributed by atoms with Crippen molar-refractivity contribution >= 4 is 17.6 Å². The average molecular weight is 269 g/mol. The van der Waals surface area contributed by atoms with E-state index in [1.807, 2.05) is 0 Å².